The molecule has 7 nitrogen and oxygen atoms in total. The van der Waals surface area contributed by atoms with Crippen LogP contribution < -0.4 is 16.4 Å². The Hall–Kier alpha value is -1.79. The number of carbonyl (C=O) groups is 3. The van der Waals surface area contributed by atoms with Crippen molar-refractivity contribution >= 4 is 17.9 Å². The van der Waals surface area contributed by atoms with Crippen LogP contribution in [0.5, 0.6) is 0 Å². The fraction of sp³-hybridized carbons (Fsp3) is 0.700. The minimum atomic E-state index is -0.913. The standard InChI is InChI=1S/C10H19N3O4/c1-6(2)8(9(11)16)13-10(17)12-5-3-4-7(14)15/h6,8H,3-5H2,1-2H3,(H2,11,16)(H,14,15)(H2,12,13,17). The first-order valence-corrected chi connectivity index (χ1v) is 5.40. The van der Waals surface area contributed by atoms with Crippen molar-refractivity contribution in [1.82, 2.24) is 10.6 Å². The average molecular weight is 245 g/mol. The predicted octanol–water partition coefficient (Wildman–Crippen LogP) is -0.340. The summed E-state index contributed by atoms with van der Waals surface area (Å²) in [5.74, 6) is -1.61. The summed E-state index contributed by atoms with van der Waals surface area (Å²) in [4.78, 5) is 32.5. The maximum Gasteiger partial charge on any atom is 0.315 e. The number of carbonyl (C=O) groups excluding carboxylic acids is 2. The second kappa shape index (κ2) is 7.48. The molecule has 1 atom stereocenters. The summed E-state index contributed by atoms with van der Waals surface area (Å²) < 4.78 is 0. The first-order chi connectivity index (χ1) is 7.84. The quantitative estimate of drug-likeness (QED) is 0.458. The lowest BCUT2D eigenvalue weighted by atomic mass is 10.0. The molecule has 7 heteroatoms. The Balaban J connectivity index is 3.91. The van der Waals surface area contributed by atoms with Gasteiger partial charge in [-0.25, -0.2) is 4.79 Å². The Kier molecular flexibility index (Phi) is 6.69. The van der Waals surface area contributed by atoms with Crippen LogP contribution in [0.2, 0.25) is 0 Å². The maximum atomic E-state index is 11.3. The van der Waals surface area contributed by atoms with Gasteiger partial charge in [0.25, 0.3) is 0 Å². The average Bonchev–Trinajstić information content (AvgIpc) is 2.19. The maximum absolute atomic E-state index is 11.3. The van der Waals surface area contributed by atoms with Crippen LogP contribution >= 0.6 is 0 Å². The van der Waals surface area contributed by atoms with Crippen molar-refractivity contribution in [2.75, 3.05) is 6.54 Å². The number of primary amides is 1. The number of carboxylic acids is 1. The molecule has 0 aliphatic heterocycles. The molecule has 98 valence electrons. The number of carboxylic acid groups (broad SMARTS) is 1. The molecule has 0 aromatic carbocycles. The number of rotatable bonds is 7. The molecule has 0 spiro atoms. The first kappa shape index (κ1) is 15.2. The van der Waals surface area contributed by atoms with E-state index in [9.17, 15) is 14.4 Å². The molecule has 1 unspecified atom stereocenters. The lowest BCUT2D eigenvalue weighted by Gasteiger charge is -2.19. The zero-order valence-electron chi connectivity index (χ0n) is 10.0. The van der Waals surface area contributed by atoms with Crippen LogP contribution in [-0.2, 0) is 9.59 Å². The van der Waals surface area contributed by atoms with Crippen LogP contribution in [0.25, 0.3) is 0 Å². The van der Waals surface area contributed by atoms with Crippen molar-refractivity contribution < 1.29 is 19.5 Å². The van der Waals surface area contributed by atoms with Gasteiger partial charge < -0.3 is 21.5 Å². The Morgan fingerprint density at radius 1 is 1.29 bits per heavy atom. The van der Waals surface area contributed by atoms with Crippen LogP contribution in [-0.4, -0.2) is 35.6 Å². The van der Waals surface area contributed by atoms with E-state index >= 15 is 0 Å². The fourth-order valence-electron chi connectivity index (χ4n) is 1.20. The summed E-state index contributed by atoms with van der Waals surface area (Å²) in [6.45, 7) is 3.77. The van der Waals surface area contributed by atoms with Gasteiger partial charge in [0.2, 0.25) is 5.91 Å². The van der Waals surface area contributed by atoms with Crippen molar-refractivity contribution in [2.24, 2.45) is 11.7 Å². The molecule has 0 saturated heterocycles. The number of aliphatic carboxylic acids is 1. The summed E-state index contributed by atoms with van der Waals surface area (Å²) in [5.41, 5.74) is 5.12. The third kappa shape index (κ3) is 7.15. The molecule has 0 radical (unpaired) electrons. The molecule has 0 aliphatic carbocycles. The van der Waals surface area contributed by atoms with Crippen LogP contribution in [0, 0.1) is 5.92 Å². The molecule has 0 heterocycles. The van der Waals surface area contributed by atoms with E-state index in [1.807, 2.05) is 0 Å². The molecule has 0 rings (SSSR count). The first-order valence-electron chi connectivity index (χ1n) is 5.40. The van der Waals surface area contributed by atoms with Crippen molar-refractivity contribution in [1.29, 1.82) is 0 Å². The van der Waals surface area contributed by atoms with Gasteiger partial charge in [0.15, 0.2) is 0 Å². The smallest absolute Gasteiger partial charge is 0.315 e. The van der Waals surface area contributed by atoms with E-state index in [2.05, 4.69) is 10.6 Å². The van der Waals surface area contributed by atoms with E-state index in [1.165, 1.54) is 0 Å². The molecule has 0 aromatic heterocycles. The van der Waals surface area contributed by atoms with Gasteiger partial charge in [0, 0.05) is 13.0 Å². The largest absolute Gasteiger partial charge is 0.481 e. The Morgan fingerprint density at radius 3 is 2.29 bits per heavy atom. The highest BCUT2D eigenvalue weighted by Gasteiger charge is 2.21. The number of nitrogens with two attached hydrogens (primary N) is 1. The van der Waals surface area contributed by atoms with Gasteiger partial charge in [-0.2, -0.15) is 0 Å². The van der Waals surface area contributed by atoms with E-state index in [-0.39, 0.29) is 18.9 Å². The van der Waals surface area contributed by atoms with Gasteiger partial charge >= 0.3 is 12.0 Å². The van der Waals surface area contributed by atoms with Crippen LogP contribution in [0.4, 0.5) is 4.79 Å². The van der Waals surface area contributed by atoms with Crippen LogP contribution in [0.15, 0.2) is 0 Å². The summed E-state index contributed by atoms with van der Waals surface area (Å²) in [6, 6.07) is -1.25. The van der Waals surface area contributed by atoms with Crippen molar-refractivity contribution in [3.05, 3.63) is 0 Å². The number of nitrogens with one attached hydrogen (secondary N) is 2. The SMILES string of the molecule is CC(C)C(NC(=O)NCCCC(=O)O)C(N)=O. The number of hydrogen-bond donors (Lipinski definition) is 4. The van der Waals surface area contributed by atoms with E-state index in [1.54, 1.807) is 13.8 Å². The second-order valence-electron chi connectivity index (χ2n) is 4.02. The highest BCUT2D eigenvalue weighted by atomic mass is 16.4. The normalized spacial score (nSPS) is 11.9. The molecule has 17 heavy (non-hydrogen) atoms. The van der Waals surface area contributed by atoms with E-state index < -0.39 is 23.9 Å². The molecule has 0 aliphatic rings. The Morgan fingerprint density at radius 2 is 1.88 bits per heavy atom. The number of hydrogen-bond acceptors (Lipinski definition) is 3. The van der Waals surface area contributed by atoms with Crippen molar-refractivity contribution in [3.63, 3.8) is 0 Å². The summed E-state index contributed by atoms with van der Waals surface area (Å²) in [7, 11) is 0. The van der Waals surface area contributed by atoms with E-state index in [4.69, 9.17) is 10.8 Å². The lowest BCUT2D eigenvalue weighted by molar-refractivity contribution is -0.137. The summed E-state index contributed by atoms with van der Waals surface area (Å²) in [6.07, 6.45) is 0.329. The molecule has 0 fully saturated rings. The zero-order valence-corrected chi connectivity index (χ0v) is 10.0. The predicted molar refractivity (Wildman–Crippen MR) is 61.2 cm³/mol. The van der Waals surface area contributed by atoms with Crippen molar-refractivity contribution in [2.45, 2.75) is 32.7 Å². The Labute approximate surface area is 99.7 Å². The highest BCUT2D eigenvalue weighted by molar-refractivity contribution is 5.86. The third-order valence-electron chi connectivity index (χ3n) is 2.11. The summed E-state index contributed by atoms with van der Waals surface area (Å²) in [5, 5.41) is 13.3. The van der Waals surface area contributed by atoms with Crippen molar-refractivity contribution in [3.8, 4) is 0 Å². The molecule has 0 aromatic rings. The minimum absolute atomic E-state index is 0.0102. The topological polar surface area (TPSA) is 122 Å². The molecular weight excluding hydrogens is 226 g/mol. The van der Waals surface area contributed by atoms with Crippen LogP contribution in [0.3, 0.4) is 0 Å². The van der Waals surface area contributed by atoms with Crippen LogP contribution in [0.1, 0.15) is 26.7 Å². The highest BCUT2D eigenvalue weighted by Crippen LogP contribution is 2.00. The molecule has 0 bridgehead atoms. The van der Waals surface area contributed by atoms with Gasteiger partial charge in [0.05, 0.1) is 0 Å². The van der Waals surface area contributed by atoms with Gasteiger partial charge in [0.1, 0.15) is 6.04 Å². The molecular formula is C10H19N3O4. The molecule has 3 amide bonds. The monoisotopic (exact) mass is 245 g/mol. The molecule has 0 saturated carbocycles. The van der Waals surface area contributed by atoms with E-state index in [0.717, 1.165) is 0 Å². The van der Waals surface area contributed by atoms with Gasteiger partial charge in [-0.3, -0.25) is 9.59 Å². The minimum Gasteiger partial charge on any atom is -0.481 e. The summed E-state index contributed by atoms with van der Waals surface area (Å²) >= 11 is 0. The van der Waals surface area contributed by atoms with Gasteiger partial charge in [-0.05, 0) is 12.3 Å². The fourth-order valence-corrected chi connectivity index (χ4v) is 1.20. The lowest BCUT2D eigenvalue weighted by Crippen LogP contribution is -2.51. The third-order valence-corrected chi connectivity index (χ3v) is 2.11. The Bertz CT molecular complexity index is 291. The zero-order chi connectivity index (χ0) is 13.4. The van der Waals surface area contributed by atoms with E-state index in [0.29, 0.717) is 6.42 Å². The number of urea groups is 1. The second-order valence-corrected chi connectivity index (χ2v) is 4.02. The van der Waals surface area contributed by atoms with Gasteiger partial charge in [-0.15, -0.1) is 0 Å². The van der Waals surface area contributed by atoms with Gasteiger partial charge in [-0.1, -0.05) is 13.8 Å². The number of amides is 3. The molecule has 5 N–H and O–H groups in total.